The molecule has 0 aliphatic rings. The van der Waals surface area contributed by atoms with E-state index in [0.29, 0.717) is 23.3 Å². The molecule has 0 saturated carbocycles. The Hall–Kier alpha value is -2.36. The molecule has 1 atom stereocenters. The highest BCUT2D eigenvalue weighted by molar-refractivity contribution is 6.31. The Morgan fingerprint density at radius 2 is 1.67 bits per heavy atom. The van der Waals surface area contributed by atoms with Crippen LogP contribution in [0.25, 0.3) is 11.9 Å². The molecule has 2 rings (SSSR count). The summed E-state index contributed by atoms with van der Waals surface area (Å²) in [7, 11) is 1.49. The molecule has 0 bridgehead atoms. The second-order valence-electron chi connectivity index (χ2n) is 7.49. The molecule has 10 heteroatoms. The zero-order chi connectivity index (χ0) is 25.3. The van der Waals surface area contributed by atoms with Gasteiger partial charge in [0.2, 0.25) is 0 Å². The van der Waals surface area contributed by atoms with Crippen molar-refractivity contribution in [3.8, 4) is 0 Å². The highest BCUT2D eigenvalue weighted by atomic mass is 35.5. The van der Waals surface area contributed by atoms with Crippen LogP contribution in [0.1, 0.15) is 39.3 Å². The van der Waals surface area contributed by atoms with E-state index in [1.54, 1.807) is 13.8 Å². The van der Waals surface area contributed by atoms with Crippen LogP contribution >= 0.6 is 11.6 Å². The zero-order valence-electron chi connectivity index (χ0n) is 18.2. The van der Waals surface area contributed by atoms with Crippen molar-refractivity contribution in [1.82, 2.24) is 10.2 Å². The number of hydrogen-bond donors (Lipinski definition) is 0. The Morgan fingerprint density at radius 1 is 1.06 bits per heavy atom. The molecule has 180 valence electrons. The molecule has 2 nitrogen and oxygen atoms in total. The van der Waals surface area contributed by atoms with Crippen molar-refractivity contribution < 1.29 is 30.8 Å². The number of nitrogens with zero attached hydrogens (tertiary/aromatic N) is 2. The molecule has 0 aliphatic carbocycles. The SMILES string of the molecule is C=Cc1ccc(/C(F)=C/C(c2cc(C)c(C)c(Cl)c2)C(F)(F)F)cc1C(F)(F)N(C)N(C)F. The van der Waals surface area contributed by atoms with Gasteiger partial charge in [-0.3, -0.25) is 0 Å². The lowest BCUT2D eigenvalue weighted by molar-refractivity contribution is -0.288. The fraction of sp³-hybridized carbons (Fsp3) is 0.304. The van der Waals surface area contributed by atoms with Crippen molar-refractivity contribution in [3.05, 3.63) is 81.4 Å². The summed E-state index contributed by atoms with van der Waals surface area (Å²) in [4.78, 5) is 0. The summed E-state index contributed by atoms with van der Waals surface area (Å²) in [6, 6.07) is 1.18. The third-order valence-electron chi connectivity index (χ3n) is 5.34. The van der Waals surface area contributed by atoms with Gasteiger partial charge in [0.15, 0.2) is 0 Å². The van der Waals surface area contributed by atoms with Crippen molar-refractivity contribution in [1.29, 1.82) is 0 Å². The summed E-state index contributed by atoms with van der Waals surface area (Å²) in [5, 5.41) is -0.325. The van der Waals surface area contributed by atoms with Gasteiger partial charge in [-0.15, -0.1) is 4.48 Å². The summed E-state index contributed by atoms with van der Waals surface area (Å²) >= 11 is 6.01. The quantitative estimate of drug-likeness (QED) is 0.167. The highest BCUT2D eigenvalue weighted by Gasteiger charge is 2.42. The molecule has 0 radical (unpaired) electrons. The van der Waals surface area contributed by atoms with Gasteiger partial charge >= 0.3 is 12.2 Å². The maximum absolute atomic E-state index is 15.0. The van der Waals surface area contributed by atoms with Gasteiger partial charge in [-0.1, -0.05) is 47.7 Å². The number of halogens is 8. The molecule has 33 heavy (non-hydrogen) atoms. The molecule has 0 aliphatic heterocycles. The standard InChI is InChI=1S/C23H22ClF7N2/c1-6-15-7-8-16(10-19(15)23(29,30)32(4)33(5)31)21(25)12-18(22(26,27)28)17-9-13(2)14(3)20(24)11-17/h6-12,18H,1H2,2-5H3/b21-12-. The van der Waals surface area contributed by atoms with E-state index in [-0.39, 0.29) is 26.4 Å². The molecule has 0 aromatic heterocycles. The van der Waals surface area contributed by atoms with E-state index in [2.05, 4.69) is 6.58 Å². The molecule has 0 heterocycles. The molecule has 2 aromatic carbocycles. The number of aryl methyl sites for hydroxylation is 1. The zero-order valence-corrected chi connectivity index (χ0v) is 19.0. The summed E-state index contributed by atoms with van der Waals surface area (Å²) in [5.41, 5.74) is -0.732. The van der Waals surface area contributed by atoms with E-state index in [4.69, 9.17) is 11.6 Å². The fourth-order valence-corrected chi connectivity index (χ4v) is 3.41. The van der Waals surface area contributed by atoms with E-state index in [1.165, 1.54) is 6.07 Å². The molecular formula is C23H22ClF7N2. The lowest BCUT2D eigenvalue weighted by Crippen LogP contribution is -2.43. The lowest BCUT2D eigenvalue weighted by Gasteiger charge is -2.30. The summed E-state index contributed by atoms with van der Waals surface area (Å²) in [6.07, 6.45) is -3.53. The summed E-state index contributed by atoms with van der Waals surface area (Å²) in [5.74, 6) is -3.76. The Kier molecular flexibility index (Phi) is 8.04. The molecule has 2 aromatic rings. The van der Waals surface area contributed by atoms with Crippen molar-refractivity contribution in [3.63, 3.8) is 0 Å². The second-order valence-corrected chi connectivity index (χ2v) is 7.90. The first-order valence-electron chi connectivity index (χ1n) is 9.60. The topological polar surface area (TPSA) is 6.48 Å². The van der Waals surface area contributed by atoms with Crippen LogP contribution < -0.4 is 0 Å². The van der Waals surface area contributed by atoms with E-state index >= 15 is 4.39 Å². The van der Waals surface area contributed by atoms with Crippen molar-refractivity contribution in [2.45, 2.75) is 32.0 Å². The number of hydrogen-bond acceptors (Lipinski definition) is 2. The van der Waals surface area contributed by atoms with Crippen LogP contribution in [0.3, 0.4) is 0 Å². The van der Waals surface area contributed by atoms with Crippen LogP contribution in [0.15, 0.2) is 43.0 Å². The van der Waals surface area contributed by atoms with E-state index < -0.39 is 35.1 Å². The van der Waals surface area contributed by atoms with Crippen molar-refractivity contribution >= 4 is 23.5 Å². The smallest absolute Gasteiger partial charge is 0.207 e. The summed E-state index contributed by atoms with van der Waals surface area (Å²) < 4.78 is 99.3. The largest absolute Gasteiger partial charge is 0.399 e. The van der Waals surface area contributed by atoms with Crippen molar-refractivity contribution in [2.75, 3.05) is 14.1 Å². The van der Waals surface area contributed by atoms with Crippen LogP contribution in [0, 0.1) is 13.8 Å². The van der Waals surface area contributed by atoms with E-state index in [1.807, 2.05) is 0 Å². The van der Waals surface area contributed by atoms with Gasteiger partial charge in [-0.2, -0.15) is 27.0 Å². The molecule has 0 amide bonds. The maximum atomic E-state index is 15.0. The number of benzene rings is 2. The van der Waals surface area contributed by atoms with Crippen molar-refractivity contribution in [2.24, 2.45) is 0 Å². The van der Waals surface area contributed by atoms with Gasteiger partial charge in [0, 0.05) is 30.2 Å². The Bertz CT molecular complexity index is 1040. The first-order valence-corrected chi connectivity index (χ1v) is 9.98. The fourth-order valence-electron chi connectivity index (χ4n) is 3.14. The van der Waals surface area contributed by atoms with Gasteiger partial charge in [0.25, 0.3) is 0 Å². The Morgan fingerprint density at radius 3 is 2.15 bits per heavy atom. The summed E-state index contributed by atoms with van der Waals surface area (Å²) in [6.45, 7) is 6.60. The predicted octanol–water partition coefficient (Wildman–Crippen LogP) is 7.97. The van der Waals surface area contributed by atoms with E-state index in [9.17, 15) is 26.4 Å². The first kappa shape index (κ1) is 26.9. The van der Waals surface area contributed by atoms with Crippen LogP contribution in [0.2, 0.25) is 5.02 Å². The Balaban J connectivity index is 2.63. The average Bonchev–Trinajstić information content (AvgIpc) is 2.73. The number of hydrazine groups is 1. The minimum absolute atomic E-state index is 0.0453. The molecular weight excluding hydrogens is 473 g/mol. The first-order chi connectivity index (χ1) is 15.1. The average molecular weight is 495 g/mol. The third-order valence-corrected chi connectivity index (χ3v) is 5.74. The maximum Gasteiger partial charge on any atom is 0.399 e. The molecule has 0 saturated heterocycles. The second kappa shape index (κ2) is 9.87. The molecule has 1 unspecified atom stereocenters. The number of allylic oxidation sites excluding steroid dienone is 1. The van der Waals surface area contributed by atoms with Crippen LogP contribution in [-0.2, 0) is 6.05 Å². The highest BCUT2D eigenvalue weighted by Crippen LogP contribution is 2.41. The monoisotopic (exact) mass is 494 g/mol. The Labute approximate surface area is 192 Å². The normalized spacial score (nSPS) is 14.2. The van der Waals surface area contributed by atoms with Gasteiger partial charge in [0.1, 0.15) is 11.7 Å². The van der Waals surface area contributed by atoms with Gasteiger partial charge < -0.3 is 0 Å². The minimum atomic E-state index is -4.88. The van der Waals surface area contributed by atoms with Gasteiger partial charge in [-0.25, -0.2) is 4.39 Å². The lowest BCUT2D eigenvalue weighted by atomic mass is 9.93. The number of rotatable bonds is 7. The molecule has 0 spiro atoms. The minimum Gasteiger partial charge on any atom is -0.207 e. The molecule has 0 fully saturated rings. The van der Waals surface area contributed by atoms with Crippen LogP contribution in [-0.4, -0.2) is 30.5 Å². The van der Waals surface area contributed by atoms with Gasteiger partial charge in [0.05, 0.1) is 0 Å². The van der Waals surface area contributed by atoms with Crippen LogP contribution in [0.5, 0.6) is 0 Å². The van der Waals surface area contributed by atoms with Gasteiger partial charge in [-0.05, 0) is 54.3 Å². The predicted molar refractivity (Wildman–Crippen MR) is 116 cm³/mol. The number of alkyl halides is 5. The van der Waals surface area contributed by atoms with E-state index in [0.717, 1.165) is 38.4 Å². The molecule has 0 N–H and O–H groups in total. The third kappa shape index (κ3) is 5.77. The van der Waals surface area contributed by atoms with Crippen LogP contribution in [0.4, 0.5) is 30.8 Å².